The molecule has 2 N–H and O–H groups in total. The van der Waals surface area contributed by atoms with Crippen molar-refractivity contribution in [2.75, 3.05) is 19.4 Å². The maximum atomic E-state index is 12.5. The maximum Gasteiger partial charge on any atom is 0.341 e. The molecule has 0 fully saturated rings. The van der Waals surface area contributed by atoms with Gasteiger partial charge < -0.3 is 15.4 Å². The first kappa shape index (κ1) is 15.8. The van der Waals surface area contributed by atoms with Crippen LogP contribution < -0.4 is 5.73 Å². The van der Waals surface area contributed by atoms with Crippen molar-refractivity contribution in [3.05, 3.63) is 16.0 Å². The number of methoxy groups -OCH3 is 1. The Hall–Kier alpha value is -1.56. The molecule has 2 heterocycles. The SMILES string of the molecule is CCC(CC)C(=O)N1CCc2c(sc(N)c2C(=O)OC)C1. The van der Waals surface area contributed by atoms with Gasteiger partial charge in [-0.1, -0.05) is 13.8 Å². The van der Waals surface area contributed by atoms with Crippen molar-refractivity contribution < 1.29 is 14.3 Å². The minimum absolute atomic E-state index is 0.0870. The Morgan fingerprint density at radius 1 is 1.38 bits per heavy atom. The zero-order valence-corrected chi connectivity index (χ0v) is 13.6. The van der Waals surface area contributed by atoms with Crippen molar-refractivity contribution in [1.82, 2.24) is 4.90 Å². The van der Waals surface area contributed by atoms with Crippen LogP contribution in [-0.4, -0.2) is 30.4 Å². The van der Waals surface area contributed by atoms with Gasteiger partial charge in [0.1, 0.15) is 5.00 Å². The van der Waals surface area contributed by atoms with Gasteiger partial charge in [0.2, 0.25) is 5.91 Å². The summed E-state index contributed by atoms with van der Waals surface area (Å²) in [5, 5.41) is 0.490. The van der Waals surface area contributed by atoms with E-state index in [9.17, 15) is 9.59 Å². The Morgan fingerprint density at radius 2 is 2.05 bits per heavy atom. The first-order valence-electron chi connectivity index (χ1n) is 7.30. The second kappa shape index (κ2) is 6.47. The first-order valence-corrected chi connectivity index (χ1v) is 8.12. The fraction of sp³-hybridized carbons (Fsp3) is 0.600. The fourth-order valence-electron chi connectivity index (χ4n) is 2.83. The summed E-state index contributed by atoms with van der Waals surface area (Å²) in [5.41, 5.74) is 7.39. The zero-order chi connectivity index (χ0) is 15.6. The first-order chi connectivity index (χ1) is 10.0. The standard InChI is InChI=1S/C15H22N2O3S/c1-4-9(5-2)14(18)17-7-6-10-11(8-17)21-13(16)12(10)15(19)20-3/h9H,4-8,16H2,1-3H3. The summed E-state index contributed by atoms with van der Waals surface area (Å²) in [6.45, 7) is 5.28. The average Bonchev–Trinajstić information content (AvgIpc) is 2.82. The molecule has 0 aromatic carbocycles. The molecule has 1 aromatic rings. The molecule has 0 saturated heterocycles. The highest BCUT2D eigenvalue weighted by molar-refractivity contribution is 7.16. The van der Waals surface area contributed by atoms with Gasteiger partial charge in [0.15, 0.2) is 0 Å². The third kappa shape index (κ3) is 2.90. The van der Waals surface area contributed by atoms with E-state index in [-0.39, 0.29) is 17.8 Å². The Bertz CT molecular complexity index is 549. The maximum absolute atomic E-state index is 12.5. The van der Waals surface area contributed by atoms with Crippen LogP contribution in [-0.2, 0) is 22.5 Å². The van der Waals surface area contributed by atoms with Gasteiger partial charge in [0.25, 0.3) is 0 Å². The number of nitrogen functional groups attached to an aromatic ring is 1. The molecule has 2 rings (SSSR count). The summed E-state index contributed by atoms with van der Waals surface area (Å²) in [5.74, 6) is -0.0917. The molecule has 0 aliphatic carbocycles. The lowest BCUT2D eigenvalue weighted by Gasteiger charge is -2.30. The predicted octanol–water partition coefficient (Wildman–Crippen LogP) is 2.44. The van der Waals surface area contributed by atoms with Gasteiger partial charge in [0, 0.05) is 17.3 Å². The molecular formula is C15H22N2O3S. The summed E-state index contributed by atoms with van der Waals surface area (Å²) < 4.78 is 4.80. The van der Waals surface area contributed by atoms with Gasteiger partial charge in [0.05, 0.1) is 19.2 Å². The normalized spacial score (nSPS) is 14.2. The number of carbonyl (C=O) groups is 2. The number of amides is 1. The molecule has 6 heteroatoms. The van der Waals surface area contributed by atoms with E-state index in [0.29, 0.717) is 30.1 Å². The number of ether oxygens (including phenoxy) is 1. The fourth-order valence-corrected chi connectivity index (χ4v) is 3.96. The number of hydrogen-bond donors (Lipinski definition) is 1. The molecule has 0 bridgehead atoms. The Balaban J connectivity index is 2.22. The predicted molar refractivity (Wildman–Crippen MR) is 83.3 cm³/mol. The van der Waals surface area contributed by atoms with E-state index in [1.165, 1.54) is 18.4 Å². The second-order valence-corrected chi connectivity index (χ2v) is 6.39. The molecular weight excluding hydrogens is 288 g/mol. The highest BCUT2D eigenvalue weighted by Gasteiger charge is 2.30. The highest BCUT2D eigenvalue weighted by Crippen LogP contribution is 2.36. The van der Waals surface area contributed by atoms with E-state index in [2.05, 4.69) is 0 Å². The van der Waals surface area contributed by atoms with Gasteiger partial charge in [-0.2, -0.15) is 0 Å². The van der Waals surface area contributed by atoms with Crippen molar-refractivity contribution in [3.63, 3.8) is 0 Å². The van der Waals surface area contributed by atoms with Crippen molar-refractivity contribution in [2.45, 2.75) is 39.7 Å². The number of hydrogen-bond acceptors (Lipinski definition) is 5. The van der Waals surface area contributed by atoms with Gasteiger partial charge in [-0.05, 0) is 24.8 Å². The van der Waals surface area contributed by atoms with E-state index in [0.717, 1.165) is 23.3 Å². The minimum atomic E-state index is -0.384. The molecule has 5 nitrogen and oxygen atoms in total. The monoisotopic (exact) mass is 310 g/mol. The molecule has 21 heavy (non-hydrogen) atoms. The van der Waals surface area contributed by atoms with Crippen molar-refractivity contribution in [1.29, 1.82) is 0 Å². The number of carbonyl (C=O) groups excluding carboxylic acids is 2. The number of esters is 1. The molecule has 1 aliphatic heterocycles. The lowest BCUT2D eigenvalue weighted by Crippen LogP contribution is -2.39. The number of nitrogens with two attached hydrogens (primary N) is 1. The number of rotatable bonds is 4. The molecule has 1 amide bonds. The Kier molecular flexibility index (Phi) is 4.88. The van der Waals surface area contributed by atoms with Gasteiger partial charge >= 0.3 is 5.97 Å². The molecule has 116 valence electrons. The van der Waals surface area contributed by atoms with Crippen LogP contribution >= 0.6 is 11.3 Å². The Labute approximate surface area is 129 Å². The molecule has 0 atom stereocenters. The average molecular weight is 310 g/mol. The summed E-state index contributed by atoms with van der Waals surface area (Å²) in [6, 6.07) is 0. The third-order valence-corrected chi connectivity index (χ3v) is 5.17. The lowest BCUT2D eigenvalue weighted by atomic mass is 9.98. The van der Waals surface area contributed by atoms with Crippen molar-refractivity contribution >= 4 is 28.2 Å². The lowest BCUT2D eigenvalue weighted by molar-refractivity contribution is -0.136. The summed E-state index contributed by atoms with van der Waals surface area (Å²) in [7, 11) is 1.36. The quantitative estimate of drug-likeness (QED) is 0.867. The topological polar surface area (TPSA) is 72.6 Å². The second-order valence-electron chi connectivity index (χ2n) is 5.26. The van der Waals surface area contributed by atoms with Crippen LogP contribution in [0.4, 0.5) is 5.00 Å². The van der Waals surface area contributed by atoms with Crippen LogP contribution in [0.25, 0.3) is 0 Å². The largest absolute Gasteiger partial charge is 0.465 e. The van der Waals surface area contributed by atoms with Crippen LogP contribution in [0.15, 0.2) is 0 Å². The molecule has 1 aromatic heterocycles. The van der Waals surface area contributed by atoms with Crippen LogP contribution in [0, 0.1) is 5.92 Å². The number of anilines is 1. The molecule has 0 radical (unpaired) electrons. The highest BCUT2D eigenvalue weighted by atomic mass is 32.1. The molecule has 0 saturated carbocycles. The van der Waals surface area contributed by atoms with Crippen LogP contribution in [0.5, 0.6) is 0 Å². The van der Waals surface area contributed by atoms with Crippen LogP contribution in [0.2, 0.25) is 0 Å². The van der Waals surface area contributed by atoms with Crippen molar-refractivity contribution in [3.8, 4) is 0 Å². The van der Waals surface area contributed by atoms with E-state index in [1.807, 2.05) is 18.7 Å². The van der Waals surface area contributed by atoms with Crippen molar-refractivity contribution in [2.24, 2.45) is 5.92 Å². The van der Waals surface area contributed by atoms with Gasteiger partial charge in [-0.25, -0.2) is 4.79 Å². The number of fused-ring (bicyclic) bond motifs is 1. The van der Waals surface area contributed by atoms with E-state index in [1.54, 1.807) is 0 Å². The van der Waals surface area contributed by atoms with E-state index < -0.39 is 0 Å². The smallest absolute Gasteiger partial charge is 0.341 e. The summed E-state index contributed by atoms with van der Waals surface area (Å²) in [4.78, 5) is 27.2. The van der Waals surface area contributed by atoms with E-state index >= 15 is 0 Å². The molecule has 0 unspecified atom stereocenters. The summed E-state index contributed by atoms with van der Waals surface area (Å²) >= 11 is 1.39. The van der Waals surface area contributed by atoms with E-state index in [4.69, 9.17) is 10.5 Å². The Morgan fingerprint density at radius 3 is 2.62 bits per heavy atom. The van der Waals surface area contributed by atoms with Crippen LogP contribution in [0.3, 0.4) is 0 Å². The van der Waals surface area contributed by atoms with Crippen LogP contribution in [0.1, 0.15) is 47.5 Å². The summed E-state index contributed by atoms with van der Waals surface area (Å²) in [6.07, 6.45) is 2.39. The number of thiophene rings is 1. The molecule has 0 spiro atoms. The zero-order valence-electron chi connectivity index (χ0n) is 12.8. The molecule has 1 aliphatic rings. The van der Waals surface area contributed by atoms with Gasteiger partial charge in [-0.15, -0.1) is 11.3 Å². The third-order valence-electron chi connectivity index (χ3n) is 4.12. The minimum Gasteiger partial charge on any atom is -0.465 e. The number of nitrogens with zero attached hydrogens (tertiary/aromatic N) is 1. The van der Waals surface area contributed by atoms with Gasteiger partial charge in [-0.3, -0.25) is 4.79 Å².